The number of nitrogens with one attached hydrogen (secondary N) is 1. The number of carbonyl (C=O) groups is 1. The van der Waals surface area contributed by atoms with Crippen LogP contribution in [0.3, 0.4) is 0 Å². The summed E-state index contributed by atoms with van der Waals surface area (Å²) in [6.45, 7) is -0.520. The lowest BCUT2D eigenvalue weighted by Crippen LogP contribution is -2.15. The summed E-state index contributed by atoms with van der Waals surface area (Å²) in [5.41, 5.74) is 2.37. The van der Waals surface area contributed by atoms with E-state index in [1.165, 1.54) is 28.7 Å². The van der Waals surface area contributed by atoms with Crippen LogP contribution in [0.1, 0.15) is 72.4 Å². The number of imidazole rings is 1. The number of anilines is 1. The molecule has 0 unspecified atom stereocenters. The average molecular weight is 545 g/mol. The Balaban J connectivity index is 1.42. The van der Waals surface area contributed by atoms with Gasteiger partial charge in [0.15, 0.2) is 21.6 Å². The molecule has 5 rings (SSSR count). The minimum atomic E-state index is -2.97. The molecule has 0 atom stereocenters. The van der Waals surface area contributed by atoms with Gasteiger partial charge in [0.1, 0.15) is 5.69 Å². The van der Waals surface area contributed by atoms with E-state index in [9.17, 15) is 13.6 Å². The number of para-hydroxylation sites is 1. The highest BCUT2D eigenvalue weighted by Gasteiger charge is 2.27. The SMILES string of the molecule is CCCCCOc1c(C=Cc2nc3sccn3c2C(=O)Nc2nc(C3CC3)cs2)cccc1OC(F)F. The van der Waals surface area contributed by atoms with Crippen LogP contribution in [0.25, 0.3) is 17.1 Å². The van der Waals surface area contributed by atoms with Crippen molar-refractivity contribution in [3.8, 4) is 11.5 Å². The van der Waals surface area contributed by atoms with Gasteiger partial charge in [0.05, 0.1) is 18.0 Å². The second kappa shape index (κ2) is 11.4. The quantitative estimate of drug-likeness (QED) is 0.189. The second-order valence-electron chi connectivity index (χ2n) is 8.65. The fourth-order valence-electron chi connectivity index (χ4n) is 3.91. The zero-order valence-electron chi connectivity index (χ0n) is 20.2. The van der Waals surface area contributed by atoms with E-state index in [1.54, 1.807) is 34.9 Å². The maximum absolute atomic E-state index is 13.3. The Morgan fingerprint density at radius 1 is 1.24 bits per heavy atom. The molecular weight excluding hydrogens is 518 g/mol. The van der Waals surface area contributed by atoms with Gasteiger partial charge in [-0.15, -0.1) is 22.7 Å². The third-order valence-electron chi connectivity index (χ3n) is 5.88. The second-order valence-corrected chi connectivity index (χ2v) is 10.4. The van der Waals surface area contributed by atoms with E-state index in [1.807, 2.05) is 10.8 Å². The number of unbranched alkanes of at least 4 members (excludes halogenated alkanes) is 2. The van der Waals surface area contributed by atoms with E-state index in [4.69, 9.17) is 9.47 Å². The first-order valence-electron chi connectivity index (χ1n) is 12.1. The number of benzene rings is 1. The van der Waals surface area contributed by atoms with Gasteiger partial charge in [0, 0.05) is 28.4 Å². The number of hydrogen-bond acceptors (Lipinski definition) is 7. The molecule has 1 amide bonds. The Labute approximate surface area is 220 Å². The van der Waals surface area contributed by atoms with Crippen molar-refractivity contribution < 1.29 is 23.0 Å². The van der Waals surface area contributed by atoms with Crippen LogP contribution in [0.5, 0.6) is 11.5 Å². The Morgan fingerprint density at radius 2 is 2.11 bits per heavy atom. The van der Waals surface area contributed by atoms with Crippen molar-refractivity contribution in [1.82, 2.24) is 14.4 Å². The molecule has 1 aliphatic carbocycles. The number of amides is 1. The van der Waals surface area contributed by atoms with Crippen molar-refractivity contribution in [2.45, 2.75) is 51.6 Å². The van der Waals surface area contributed by atoms with Crippen molar-refractivity contribution in [2.75, 3.05) is 11.9 Å². The van der Waals surface area contributed by atoms with E-state index >= 15 is 0 Å². The lowest BCUT2D eigenvalue weighted by atomic mass is 10.1. The molecule has 1 saturated carbocycles. The smallest absolute Gasteiger partial charge is 0.387 e. The zero-order valence-corrected chi connectivity index (χ0v) is 21.8. The van der Waals surface area contributed by atoms with Crippen LogP contribution >= 0.6 is 22.7 Å². The van der Waals surface area contributed by atoms with Crippen LogP contribution in [0.4, 0.5) is 13.9 Å². The summed E-state index contributed by atoms with van der Waals surface area (Å²) in [4.78, 5) is 23.1. The van der Waals surface area contributed by atoms with Crippen molar-refractivity contribution in [3.63, 3.8) is 0 Å². The predicted molar refractivity (Wildman–Crippen MR) is 142 cm³/mol. The van der Waals surface area contributed by atoms with Gasteiger partial charge in [0.25, 0.3) is 5.91 Å². The van der Waals surface area contributed by atoms with Crippen LogP contribution in [0.2, 0.25) is 0 Å². The normalized spacial score (nSPS) is 13.6. The first-order chi connectivity index (χ1) is 18.0. The molecule has 1 fully saturated rings. The van der Waals surface area contributed by atoms with E-state index < -0.39 is 6.61 Å². The molecule has 0 saturated heterocycles. The van der Waals surface area contributed by atoms with Crippen LogP contribution in [0, 0.1) is 0 Å². The Morgan fingerprint density at radius 3 is 2.89 bits per heavy atom. The lowest BCUT2D eigenvalue weighted by molar-refractivity contribution is -0.0515. The third-order valence-corrected chi connectivity index (χ3v) is 7.42. The standard InChI is InChI=1S/C26H26F2N4O3S2/c1-2-3-4-13-34-22-17(6-5-7-20(22)35-24(27)28)10-11-18-21(32-12-14-36-26(32)30-18)23(33)31-25-29-19(15-37-25)16-8-9-16/h5-7,10-12,14-16,24H,2-4,8-9,13H2,1H3,(H,29,31,33). The molecular formula is C26H26F2N4O3S2. The minimum Gasteiger partial charge on any atom is -0.489 e. The summed E-state index contributed by atoms with van der Waals surface area (Å²) in [5, 5.41) is 7.29. The number of aromatic nitrogens is 3. The number of thiazole rings is 2. The Hall–Kier alpha value is -3.31. The number of nitrogens with zero attached hydrogens (tertiary/aromatic N) is 3. The minimum absolute atomic E-state index is 0.0346. The summed E-state index contributed by atoms with van der Waals surface area (Å²) in [6.07, 6.45) is 10.2. The van der Waals surface area contributed by atoms with Crippen LogP contribution in [-0.4, -0.2) is 33.5 Å². The summed E-state index contributed by atoms with van der Waals surface area (Å²) in [7, 11) is 0. The lowest BCUT2D eigenvalue weighted by Gasteiger charge is -2.14. The van der Waals surface area contributed by atoms with Crippen LogP contribution in [-0.2, 0) is 0 Å². The number of ether oxygens (including phenoxy) is 2. The highest BCUT2D eigenvalue weighted by atomic mass is 32.1. The number of alkyl halides is 2. The molecule has 0 radical (unpaired) electrons. The molecule has 1 aliphatic rings. The number of rotatable bonds is 12. The molecule has 7 nitrogen and oxygen atoms in total. The van der Waals surface area contributed by atoms with Gasteiger partial charge in [-0.1, -0.05) is 31.9 Å². The van der Waals surface area contributed by atoms with Gasteiger partial charge >= 0.3 is 6.61 Å². The average Bonchev–Trinajstić information content (AvgIpc) is 3.27. The number of halogens is 2. The van der Waals surface area contributed by atoms with E-state index in [2.05, 4.69) is 22.2 Å². The van der Waals surface area contributed by atoms with Crippen LogP contribution < -0.4 is 14.8 Å². The highest BCUT2D eigenvalue weighted by Crippen LogP contribution is 2.41. The molecule has 0 aliphatic heterocycles. The third kappa shape index (κ3) is 5.99. The Kier molecular flexibility index (Phi) is 7.80. The van der Waals surface area contributed by atoms with E-state index in [0.29, 0.717) is 39.6 Å². The molecule has 3 aromatic heterocycles. The van der Waals surface area contributed by atoms with Gasteiger partial charge in [-0.2, -0.15) is 8.78 Å². The molecule has 194 valence electrons. The molecule has 11 heteroatoms. The monoisotopic (exact) mass is 544 g/mol. The van der Waals surface area contributed by atoms with Crippen molar-refractivity contribution in [3.05, 3.63) is 57.8 Å². The van der Waals surface area contributed by atoms with Gasteiger partial charge in [0.2, 0.25) is 0 Å². The molecule has 1 aromatic carbocycles. The summed E-state index contributed by atoms with van der Waals surface area (Å²) >= 11 is 2.82. The fraction of sp³-hybridized carbons (Fsp3) is 0.346. The van der Waals surface area contributed by atoms with Crippen molar-refractivity contribution in [1.29, 1.82) is 0 Å². The summed E-state index contributed by atoms with van der Waals surface area (Å²) < 4.78 is 38.3. The maximum atomic E-state index is 13.3. The molecule has 0 spiro atoms. The molecule has 0 bridgehead atoms. The van der Waals surface area contributed by atoms with Crippen molar-refractivity contribution in [2.24, 2.45) is 0 Å². The summed E-state index contributed by atoms with van der Waals surface area (Å²) in [6, 6.07) is 4.82. The molecule has 4 aromatic rings. The highest BCUT2D eigenvalue weighted by molar-refractivity contribution is 7.15. The number of hydrogen-bond donors (Lipinski definition) is 1. The largest absolute Gasteiger partial charge is 0.489 e. The topological polar surface area (TPSA) is 77.8 Å². The van der Waals surface area contributed by atoms with Crippen LogP contribution in [0.15, 0.2) is 35.2 Å². The zero-order chi connectivity index (χ0) is 25.8. The molecule has 3 heterocycles. The van der Waals surface area contributed by atoms with Gasteiger partial charge < -0.3 is 9.47 Å². The number of carbonyl (C=O) groups excluding carboxylic acids is 1. The molecule has 37 heavy (non-hydrogen) atoms. The van der Waals surface area contributed by atoms with E-state index in [0.717, 1.165) is 37.8 Å². The summed E-state index contributed by atoms with van der Waals surface area (Å²) in [5.74, 6) is 0.375. The first kappa shape index (κ1) is 25.3. The Bertz CT molecular complexity index is 1410. The van der Waals surface area contributed by atoms with Gasteiger partial charge in [-0.3, -0.25) is 14.5 Å². The van der Waals surface area contributed by atoms with Gasteiger partial charge in [-0.25, -0.2) is 9.97 Å². The first-order valence-corrected chi connectivity index (χ1v) is 13.9. The molecule has 1 N–H and O–H groups in total. The van der Waals surface area contributed by atoms with E-state index in [-0.39, 0.29) is 17.4 Å². The van der Waals surface area contributed by atoms with Gasteiger partial charge in [-0.05, 0) is 37.5 Å². The predicted octanol–water partition coefficient (Wildman–Crippen LogP) is 7.32. The fourth-order valence-corrected chi connectivity index (χ4v) is 5.42. The maximum Gasteiger partial charge on any atom is 0.387 e. The number of fused-ring (bicyclic) bond motifs is 1. The van der Waals surface area contributed by atoms with Crippen molar-refractivity contribution >= 4 is 50.8 Å².